The molecule has 1 N–H and O–H groups in total. The molecule has 0 radical (unpaired) electrons. The zero-order valence-electron chi connectivity index (χ0n) is 12.8. The maximum atomic E-state index is 5.56. The summed E-state index contributed by atoms with van der Waals surface area (Å²) in [4.78, 5) is 0. The van der Waals surface area contributed by atoms with Crippen molar-refractivity contribution in [3.63, 3.8) is 0 Å². The predicted molar refractivity (Wildman–Crippen MR) is 74.9 cm³/mol. The summed E-state index contributed by atoms with van der Waals surface area (Å²) in [5.74, 6) is 1.30. The van der Waals surface area contributed by atoms with E-state index in [9.17, 15) is 0 Å². The summed E-state index contributed by atoms with van der Waals surface area (Å²) in [5.41, 5.74) is 0. The smallest absolute Gasteiger partial charge is 0.168 e. The summed E-state index contributed by atoms with van der Waals surface area (Å²) >= 11 is 0. The molecule has 1 heterocycles. The SMILES string of the molecule is CCCNC(C)c1nnnn1C(COCC)C(C)C. The molecule has 1 rings (SSSR count). The van der Waals surface area contributed by atoms with Gasteiger partial charge in [-0.15, -0.1) is 5.10 Å². The Labute approximate surface area is 115 Å². The van der Waals surface area contributed by atoms with Crippen molar-refractivity contribution in [2.24, 2.45) is 5.92 Å². The molecule has 0 saturated heterocycles. The zero-order valence-corrected chi connectivity index (χ0v) is 12.8. The molecular formula is C13H27N5O. The lowest BCUT2D eigenvalue weighted by Gasteiger charge is -2.23. The molecule has 0 amide bonds. The molecule has 6 heteroatoms. The number of ether oxygens (including phenoxy) is 1. The monoisotopic (exact) mass is 269 g/mol. The van der Waals surface area contributed by atoms with Gasteiger partial charge in [0, 0.05) is 6.61 Å². The van der Waals surface area contributed by atoms with E-state index in [4.69, 9.17) is 4.74 Å². The molecule has 0 fully saturated rings. The molecule has 2 unspecified atom stereocenters. The average molecular weight is 269 g/mol. The van der Waals surface area contributed by atoms with Crippen molar-refractivity contribution >= 4 is 0 Å². The normalized spacial score (nSPS) is 14.8. The number of hydrogen-bond donors (Lipinski definition) is 1. The van der Waals surface area contributed by atoms with E-state index in [1.54, 1.807) is 0 Å². The second-order valence-corrected chi connectivity index (χ2v) is 5.13. The summed E-state index contributed by atoms with van der Waals surface area (Å²) < 4.78 is 7.47. The molecule has 1 aromatic rings. The second-order valence-electron chi connectivity index (χ2n) is 5.13. The van der Waals surface area contributed by atoms with Gasteiger partial charge < -0.3 is 10.1 Å². The van der Waals surface area contributed by atoms with Crippen LogP contribution in [-0.2, 0) is 4.74 Å². The molecule has 0 aliphatic heterocycles. The minimum Gasteiger partial charge on any atom is -0.380 e. The van der Waals surface area contributed by atoms with Crippen LogP contribution >= 0.6 is 0 Å². The summed E-state index contributed by atoms with van der Waals surface area (Å²) in [7, 11) is 0. The van der Waals surface area contributed by atoms with E-state index in [1.165, 1.54) is 0 Å². The lowest BCUT2D eigenvalue weighted by Crippen LogP contribution is -2.28. The topological polar surface area (TPSA) is 64.9 Å². The first-order valence-corrected chi connectivity index (χ1v) is 7.20. The van der Waals surface area contributed by atoms with Crippen LogP contribution in [0.15, 0.2) is 0 Å². The predicted octanol–water partition coefficient (Wildman–Crippen LogP) is 1.97. The standard InChI is InChI=1S/C13H27N5O/c1-6-8-14-11(5)13-15-16-17-18(13)12(10(3)4)9-19-7-2/h10-12,14H,6-9H2,1-5H3. The molecule has 0 bridgehead atoms. The third-order valence-corrected chi connectivity index (χ3v) is 3.18. The van der Waals surface area contributed by atoms with Gasteiger partial charge in [-0.1, -0.05) is 20.8 Å². The Morgan fingerprint density at radius 2 is 2.00 bits per heavy atom. The summed E-state index contributed by atoms with van der Waals surface area (Å²) in [6, 6.07) is 0.327. The first-order chi connectivity index (χ1) is 9.11. The zero-order chi connectivity index (χ0) is 14.3. The fraction of sp³-hybridized carbons (Fsp3) is 0.923. The van der Waals surface area contributed by atoms with Gasteiger partial charge in [0.15, 0.2) is 5.82 Å². The first-order valence-electron chi connectivity index (χ1n) is 7.20. The highest BCUT2D eigenvalue weighted by Gasteiger charge is 2.23. The number of rotatable bonds is 9. The molecule has 0 saturated carbocycles. The number of nitrogens with zero attached hydrogens (tertiary/aromatic N) is 4. The van der Waals surface area contributed by atoms with Crippen LogP contribution in [0, 0.1) is 5.92 Å². The van der Waals surface area contributed by atoms with Gasteiger partial charge in [-0.05, 0) is 43.2 Å². The molecule has 0 aromatic carbocycles. The Balaban J connectivity index is 2.82. The van der Waals surface area contributed by atoms with Crippen LogP contribution in [0.25, 0.3) is 0 Å². The van der Waals surface area contributed by atoms with E-state index in [2.05, 4.69) is 48.5 Å². The molecule has 1 aromatic heterocycles. The quantitative estimate of drug-likeness (QED) is 0.742. The highest BCUT2D eigenvalue weighted by molar-refractivity contribution is 4.92. The third-order valence-electron chi connectivity index (χ3n) is 3.18. The second kappa shape index (κ2) is 8.22. The van der Waals surface area contributed by atoms with Crippen molar-refractivity contribution < 1.29 is 4.74 Å². The van der Waals surface area contributed by atoms with Gasteiger partial charge in [0.25, 0.3) is 0 Å². The molecular weight excluding hydrogens is 242 g/mol. The van der Waals surface area contributed by atoms with Crippen LogP contribution in [0.5, 0.6) is 0 Å². The van der Waals surface area contributed by atoms with Gasteiger partial charge in [0.05, 0.1) is 18.7 Å². The van der Waals surface area contributed by atoms with Crippen LogP contribution in [-0.4, -0.2) is 40.0 Å². The van der Waals surface area contributed by atoms with Gasteiger partial charge in [0.1, 0.15) is 0 Å². The number of aromatic nitrogens is 4. The van der Waals surface area contributed by atoms with E-state index in [0.717, 1.165) is 18.8 Å². The Hall–Kier alpha value is -1.01. The van der Waals surface area contributed by atoms with Crippen LogP contribution in [0.3, 0.4) is 0 Å². The van der Waals surface area contributed by atoms with Crippen LogP contribution < -0.4 is 5.32 Å². The molecule has 2 atom stereocenters. The van der Waals surface area contributed by atoms with E-state index >= 15 is 0 Å². The van der Waals surface area contributed by atoms with E-state index in [1.807, 2.05) is 11.6 Å². The molecule has 19 heavy (non-hydrogen) atoms. The highest BCUT2D eigenvalue weighted by atomic mass is 16.5. The van der Waals surface area contributed by atoms with Gasteiger partial charge in [-0.2, -0.15) is 0 Å². The summed E-state index contributed by atoms with van der Waals surface area (Å²) in [6.45, 7) is 12.9. The van der Waals surface area contributed by atoms with Crippen molar-refractivity contribution in [3.05, 3.63) is 5.82 Å². The lowest BCUT2D eigenvalue weighted by molar-refractivity contribution is 0.0885. The van der Waals surface area contributed by atoms with Crippen molar-refractivity contribution in [1.82, 2.24) is 25.5 Å². The maximum Gasteiger partial charge on any atom is 0.168 e. The molecule has 6 nitrogen and oxygen atoms in total. The van der Waals surface area contributed by atoms with Crippen LogP contribution in [0.4, 0.5) is 0 Å². The summed E-state index contributed by atoms with van der Waals surface area (Å²) in [5, 5.41) is 15.6. The fourth-order valence-electron chi connectivity index (χ4n) is 1.96. The first kappa shape index (κ1) is 16.0. The Kier molecular flexibility index (Phi) is 6.94. The average Bonchev–Trinajstić information content (AvgIpc) is 2.85. The van der Waals surface area contributed by atoms with Gasteiger partial charge in [0.2, 0.25) is 0 Å². The summed E-state index contributed by atoms with van der Waals surface area (Å²) in [6.07, 6.45) is 1.10. The minimum atomic E-state index is 0.151. The Morgan fingerprint density at radius 3 is 2.58 bits per heavy atom. The van der Waals surface area contributed by atoms with Crippen molar-refractivity contribution in [2.45, 2.75) is 53.1 Å². The molecule has 110 valence electrons. The van der Waals surface area contributed by atoms with Crippen LogP contribution in [0.2, 0.25) is 0 Å². The van der Waals surface area contributed by atoms with E-state index in [0.29, 0.717) is 19.1 Å². The number of hydrogen-bond acceptors (Lipinski definition) is 5. The fourth-order valence-corrected chi connectivity index (χ4v) is 1.96. The van der Waals surface area contributed by atoms with Crippen LogP contribution in [0.1, 0.15) is 58.9 Å². The highest BCUT2D eigenvalue weighted by Crippen LogP contribution is 2.21. The number of nitrogens with one attached hydrogen (secondary N) is 1. The minimum absolute atomic E-state index is 0.151. The Morgan fingerprint density at radius 1 is 1.26 bits per heavy atom. The van der Waals surface area contributed by atoms with Gasteiger partial charge >= 0.3 is 0 Å². The van der Waals surface area contributed by atoms with Crippen molar-refractivity contribution in [1.29, 1.82) is 0 Å². The largest absolute Gasteiger partial charge is 0.380 e. The molecule has 0 aliphatic rings. The third kappa shape index (κ3) is 4.54. The molecule has 0 aliphatic carbocycles. The lowest BCUT2D eigenvalue weighted by atomic mass is 10.1. The van der Waals surface area contributed by atoms with Gasteiger partial charge in [-0.3, -0.25) is 0 Å². The maximum absolute atomic E-state index is 5.56. The van der Waals surface area contributed by atoms with E-state index in [-0.39, 0.29) is 12.1 Å². The molecule has 0 spiro atoms. The number of tetrazole rings is 1. The van der Waals surface area contributed by atoms with E-state index < -0.39 is 0 Å². The van der Waals surface area contributed by atoms with Crippen molar-refractivity contribution in [3.8, 4) is 0 Å². The van der Waals surface area contributed by atoms with Crippen molar-refractivity contribution in [2.75, 3.05) is 19.8 Å². The van der Waals surface area contributed by atoms with Gasteiger partial charge in [-0.25, -0.2) is 4.68 Å². The Bertz CT molecular complexity index is 353.